The number of esters is 1. The molecule has 0 radical (unpaired) electrons. The van der Waals surface area contributed by atoms with Crippen LogP contribution in [-0.4, -0.2) is 33.9 Å². The van der Waals surface area contributed by atoms with E-state index >= 15 is 0 Å². The maximum Gasteiger partial charge on any atom is 0.354 e. The smallest absolute Gasteiger partial charge is 0.354 e. The highest BCUT2D eigenvalue weighted by molar-refractivity contribution is 7.14. The Hall–Kier alpha value is -3.72. The molecule has 146 valence electrons. The molecule has 0 aliphatic carbocycles. The molecule has 3 aromatic heterocycles. The summed E-state index contributed by atoms with van der Waals surface area (Å²) in [6.45, 7) is 1.69. The van der Waals surface area contributed by atoms with E-state index in [0.717, 1.165) is 5.56 Å². The van der Waals surface area contributed by atoms with Gasteiger partial charge in [0.2, 0.25) is 5.89 Å². The lowest BCUT2D eigenvalue weighted by molar-refractivity contribution is 0.0594. The van der Waals surface area contributed by atoms with E-state index in [9.17, 15) is 9.59 Å². The zero-order chi connectivity index (χ0) is 20.4. The molecule has 4 rings (SSSR count). The predicted molar refractivity (Wildman–Crippen MR) is 108 cm³/mol. The van der Waals surface area contributed by atoms with E-state index in [1.165, 1.54) is 18.4 Å². The van der Waals surface area contributed by atoms with Crippen LogP contribution in [0.25, 0.3) is 22.7 Å². The van der Waals surface area contributed by atoms with Gasteiger partial charge in [0.15, 0.2) is 10.8 Å². The summed E-state index contributed by atoms with van der Waals surface area (Å²) in [5.74, 6) is -0.0587. The number of oxazole rings is 1. The van der Waals surface area contributed by atoms with Crippen LogP contribution in [0.1, 0.15) is 26.7 Å². The SMILES string of the molecule is COC(=O)c1cc(-c2csc(NC(=O)c3nc(-c4ccccc4)oc3C)n2)c[nH]1. The number of hydrogen-bond acceptors (Lipinski definition) is 7. The van der Waals surface area contributed by atoms with Gasteiger partial charge in [-0.3, -0.25) is 10.1 Å². The van der Waals surface area contributed by atoms with Crippen LogP contribution in [0.5, 0.6) is 0 Å². The Kier molecular flexibility index (Phi) is 4.96. The minimum Gasteiger partial charge on any atom is -0.464 e. The number of anilines is 1. The van der Waals surface area contributed by atoms with Crippen molar-refractivity contribution in [1.82, 2.24) is 15.0 Å². The van der Waals surface area contributed by atoms with Crippen LogP contribution < -0.4 is 5.32 Å². The molecule has 1 amide bonds. The van der Waals surface area contributed by atoms with Crippen LogP contribution in [0.15, 0.2) is 52.4 Å². The van der Waals surface area contributed by atoms with Crippen molar-refractivity contribution < 1.29 is 18.7 Å². The third kappa shape index (κ3) is 3.81. The summed E-state index contributed by atoms with van der Waals surface area (Å²) in [6.07, 6.45) is 1.65. The molecule has 29 heavy (non-hydrogen) atoms. The molecule has 1 aromatic carbocycles. The number of hydrogen-bond donors (Lipinski definition) is 2. The Balaban J connectivity index is 1.51. The number of amides is 1. The van der Waals surface area contributed by atoms with Gasteiger partial charge in [-0.05, 0) is 25.1 Å². The van der Waals surface area contributed by atoms with Gasteiger partial charge in [-0.1, -0.05) is 18.2 Å². The van der Waals surface area contributed by atoms with Gasteiger partial charge >= 0.3 is 5.97 Å². The first-order chi connectivity index (χ1) is 14.0. The number of nitrogens with zero attached hydrogens (tertiary/aromatic N) is 2. The first kappa shape index (κ1) is 18.6. The van der Waals surface area contributed by atoms with Gasteiger partial charge in [-0.15, -0.1) is 11.3 Å². The molecule has 4 aromatic rings. The summed E-state index contributed by atoms with van der Waals surface area (Å²) < 4.78 is 10.3. The van der Waals surface area contributed by atoms with Crippen LogP contribution in [0.2, 0.25) is 0 Å². The maximum absolute atomic E-state index is 12.6. The van der Waals surface area contributed by atoms with Crippen LogP contribution in [-0.2, 0) is 4.74 Å². The van der Waals surface area contributed by atoms with Crippen molar-refractivity contribution in [1.29, 1.82) is 0 Å². The zero-order valence-electron chi connectivity index (χ0n) is 15.6. The van der Waals surface area contributed by atoms with E-state index in [1.54, 1.807) is 24.6 Å². The lowest BCUT2D eigenvalue weighted by Crippen LogP contribution is -2.13. The Morgan fingerprint density at radius 2 is 1.97 bits per heavy atom. The van der Waals surface area contributed by atoms with Gasteiger partial charge in [0.05, 0.1) is 12.8 Å². The number of methoxy groups -OCH3 is 1. The van der Waals surface area contributed by atoms with Crippen molar-refractivity contribution in [2.24, 2.45) is 0 Å². The van der Waals surface area contributed by atoms with Gasteiger partial charge in [0.25, 0.3) is 5.91 Å². The lowest BCUT2D eigenvalue weighted by atomic mass is 10.2. The summed E-state index contributed by atoms with van der Waals surface area (Å²) in [5, 5.41) is 4.93. The molecule has 0 aliphatic rings. The molecule has 8 nitrogen and oxygen atoms in total. The fourth-order valence-electron chi connectivity index (χ4n) is 2.70. The highest BCUT2D eigenvalue weighted by Gasteiger charge is 2.19. The van der Waals surface area contributed by atoms with E-state index in [-0.39, 0.29) is 5.69 Å². The van der Waals surface area contributed by atoms with Crippen molar-refractivity contribution in [3.05, 3.63) is 65.1 Å². The van der Waals surface area contributed by atoms with Crippen LogP contribution >= 0.6 is 11.3 Å². The zero-order valence-corrected chi connectivity index (χ0v) is 16.4. The Labute approximate surface area is 169 Å². The molecule has 0 unspecified atom stereocenters. The highest BCUT2D eigenvalue weighted by atomic mass is 32.1. The third-order valence-electron chi connectivity index (χ3n) is 4.14. The largest absolute Gasteiger partial charge is 0.464 e. The maximum atomic E-state index is 12.6. The minimum atomic E-state index is -0.462. The number of H-pyrrole nitrogens is 1. The molecule has 0 bridgehead atoms. The van der Waals surface area contributed by atoms with E-state index < -0.39 is 11.9 Å². The lowest BCUT2D eigenvalue weighted by Gasteiger charge is -1.98. The number of aromatic amines is 1. The average Bonchev–Trinajstić information content (AvgIpc) is 3.47. The van der Waals surface area contributed by atoms with Crippen LogP contribution in [0, 0.1) is 6.92 Å². The third-order valence-corrected chi connectivity index (χ3v) is 4.90. The standard InChI is InChI=1S/C20H16N4O4S/c1-11-16(23-18(28-11)12-6-4-3-5-7-12)17(25)24-20-22-15(10-29-20)13-8-14(21-9-13)19(26)27-2/h3-10,21H,1-2H3,(H,22,24,25). The Morgan fingerprint density at radius 3 is 2.72 bits per heavy atom. The molecule has 0 atom stereocenters. The van der Waals surface area contributed by atoms with Gasteiger partial charge in [-0.2, -0.15) is 0 Å². The fraction of sp³-hybridized carbons (Fsp3) is 0.100. The first-order valence-electron chi connectivity index (χ1n) is 8.62. The topological polar surface area (TPSA) is 110 Å². The van der Waals surface area contributed by atoms with Crippen molar-refractivity contribution in [3.63, 3.8) is 0 Å². The number of thiazole rings is 1. The summed E-state index contributed by atoms with van der Waals surface area (Å²) in [6, 6.07) is 11.0. The quantitative estimate of drug-likeness (QED) is 0.480. The van der Waals surface area contributed by atoms with Crippen LogP contribution in [0.3, 0.4) is 0 Å². The van der Waals surface area contributed by atoms with Gasteiger partial charge in [0, 0.05) is 22.7 Å². The second-order valence-electron chi connectivity index (χ2n) is 6.08. The highest BCUT2D eigenvalue weighted by Crippen LogP contribution is 2.27. The number of aromatic nitrogens is 3. The summed E-state index contributed by atoms with van der Waals surface area (Å²) >= 11 is 1.27. The fourth-order valence-corrected chi connectivity index (χ4v) is 3.42. The number of rotatable bonds is 5. The van der Waals surface area contributed by atoms with Crippen molar-refractivity contribution in [2.45, 2.75) is 6.92 Å². The monoisotopic (exact) mass is 408 g/mol. The molecule has 0 fully saturated rings. The summed E-state index contributed by atoms with van der Waals surface area (Å²) in [4.78, 5) is 35.7. The Morgan fingerprint density at radius 1 is 1.17 bits per heavy atom. The average molecular weight is 408 g/mol. The van der Waals surface area contributed by atoms with Crippen molar-refractivity contribution in [2.75, 3.05) is 12.4 Å². The number of carbonyl (C=O) groups is 2. The van der Waals surface area contributed by atoms with Gasteiger partial charge < -0.3 is 14.1 Å². The van der Waals surface area contributed by atoms with Gasteiger partial charge in [-0.25, -0.2) is 14.8 Å². The number of ether oxygens (including phenoxy) is 1. The number of aryl methyl sites for hydroxylation is 1. The van der Waals surface area contributed by atoms with Gasteiger partial charge in [0.1, 0.15) is 11.5 Å². The van der Waals surface area contributed by atoms with Crippen molar-refractivity contribution in [3.8, 4) is 22.7 Å². The number of carbonyl (C=O) groups excluding carboxylic acids is 2. The van der Waals surface area contributed by atoms with E-state index in [4.69, 9.17) is 4.42 Å². The second kappa shape index (κ2) is 7.72. The normalized spacial score (nSPS) is 10.7. The number of benzene rings is 1. The predicted octanol–water partition coefficient (Wildman–Crippen LogP) is 4.14. The summed E-state index contributed by atoms with van der Waals surface area (Å²) in [7, 11) is 1.31. The van der Waals surface area contributed by atoms with Crippen molar-refractivity contribution >= 4 is 28.3 Å². The first-order valence-corrected chi connectivity index (χ1v) is 9.50. The van der Waals surface area contributed by atoms with E-state index in [0.29, 0.717) is 33.7 Å². The molecule has 0 aliphatic heterocycles. The molecule has 0 spiro atoms. The molecule has 0 saturated carbocycles. The van der Waals surface area contributed by atoms with Crippen LogP contribution in [0.4, 0.5) is 5.13 Å². The molecule has 2 N–H and O–H groups in total. The molecular weight excluding hydrogens is 392 g/mol. The minimum absolute atomic E-state index is 0.204. The molecular formula is C20H16N4O4S. The molecule has 0 saturated heterocycles. The molecule has 9 heteroatoms. The molecule has 3 heterocycles. The second-order valence-corrected chi connectivity index (χ2v) is 6.93. The van der Waals surface area contributed by atoms with E-state index in [2.05, 4.69) is 25.0 Å². The summed E-state index contributed by atoms with van der Waals surface area (Å²) in [5.41, 5.74) is 2.66. The number of nitrogens with one attached hydrogen (secondary N) is 2. The van der Waals surface area contributed by atoms with E-state index in [1.807, 2.05) is 30.3 Å². The Bertz CT molecular complexity index is 1180.